The van der Waals surface area contributed by atoms with Crippen LogP contribution in [0.15, 0.2) is 11.6 Å². The lowest BCUT2D eigenvalue weighted by molar-refractivity contribution is -0.118. The van der Waals surface area contributed by atoms with Gasteiger partial charge in [-0.25, -0.2) is 4.79 Å². The van der Waals surface area contributed by atoms with Crippen LogP contribution in [-0.2, 0) is 16.0 Å². The van der Waals surface area contributed by atoms with Gasteiger partial charge in [0.05, 0.1) is 11.7 Å². The lowest BCUT2D eigenvalue weighted by Gasteiger charge is -2.07. The highest BCUT2D eigenvalue weighted by molar-refractivity contribution is 7.16. The Morgan fingerprint density at radius 1 is 1.45 bits per heavy atom. The minimum Gasteiger partial charge on any atom is -0.459 e. The Labute approximate surface area is 121 Å². The predicted molar refractivity (Wildman–Crippen MR) is 78.1 cm³/mol. The Morgan fingerprint density at radius 2 is 2.15 bits per heavy atom. The molecule has 0 aromatic carbocycles. The molecule has 0 unspecified atom stereocenters. The van der Waals surface area contributed by atoms with E-state index in [1.54, 1.807) is 0 Å². The summed E-state index contributed by atoms with van der Waals surface area (Å²) in [4.78, 5) is 23.9. The van der Waals surface area contributed by atoms with E-state index in [1.165, 1.54) is 11.3 Å². The minimum absolute atomic E-state index is 0.147. The van der Waals surface area contributed by atoms with Crippen LogP contribution in [0.4, 0.5) is 0 Å². The second-order valence-corrected chi connectivity index (χ2v) is 5.87. The molecular formula is C14H18N2O3S. The number of nitrogens with two attached hydrogens (primary N) is 1. The first-order valence-corrected chi connectivity index (χ1v) is 7.35. The fourth-order valence-electron chi connectivity index (χ4n) is 2.07. The molecule has 0 fully saturated rings. The molecule has 0 saturated carbocycles. The Balaban J connectivity index is 2.35. The van der Waals surface area contributed by atoms with Gasteiger partial charge in [0, 0.05) is 23.7 Å². The molecule has 0 aliphatic heterocycles. The van der Waals surface area contributed by atoms with Gasteiger partial charge in [0.1, 0.15) is 4.83 Å². The molecule has 0 aliphatic carbocycles. The Bertz CT molecular complexity index is 655. The highest BCUT2D eigenvalue weighted by Crippen LogP contribution is 2.27. The molecule has 0 bridgehead atoms. The number of carbonyl (C=O) groups is 2. The maximum atomic E-state index is 12.1. The van der Waals surface area contributed by atoms with E-state index in [-0.39, 0.29) is 18.0 Å². The molecule has 5 nitrogen and oxygen atoms in total. The van der Waals surface area contributed by atoms with E-state index in [2.05, 4.69) is 0 Å². The zero-order valence-corrected chi connectivity index (χ0v) is 12.6. The predicted octanol–water partition coefficient (Wildman–Crippen LogP) is 2.29. The number of primary amides is 1. The quantitative estimate of drug-likeness (QED) is 0.860. The van der Waals surface area contributed by atoms with Crippen molar-refractivity contribution < 1.29 is 14.3 Å². The van der Waals surface area contributed by atoms with Gasteiger partial charge in [-0.2, -0.15) is 0 Å². The number of hydrogen-bond donors (Lipinski definition) is 1. The first-order valence-electron chi connectivity index (χ1n) is 6.47. The highest BCUT2D eigenvalue weighted by Gasteiger charge is 2.20. The van der Waals surface area contributed by atoms with Crippen molar-refractivity contribution in [2.24, 2.45) is 5.73 Å². The molecule has 0 atom stereocenters. The molecule has 1 amide bonds. The van der Waals surface area contributed by atoms with Crippen LogP contribution in [0, 0.1) is 6.92 Å². The van der Waals surface area contributed by atoms with Crippen molar-refractivity contribution in [3.05, 3.63) is 28.4 Å². The van der Waals surface area contributed by atoms with E-state index in [9.17, 15) is 9.59 Å². The van der Waals surface area contributed by atoms with Gasteiger partial charge in [0.15, 0.2) is 0 Å². The first-order chi connectivity index (χ1) is 9.40. The van der Waals surface area contributed by atoms with Crippen molar-refractivity contribution in [1.29, 1.82) is 0 Å². The summed E-state index contributed by atoms with van der Waals surface area (Å²) in [7, 11) is 0. The van der Waals surface area contributed by atoms with Crippen LogP contribution >= 0.6 is 11.3 Å². The van der Waals surface area contributed by atoms with Crippen molar-refractivity contribution in [1.82, 2.24) is 4.40 Å². The number of nitrogens with zero attached hydrogens (tertiary/aromatic N) is 1. The van der Waals surface area contributed by atoms with Gasteiger partial charge < -0.3 is 14.9 Å². The van der Waals surface area contributed by atoms with Crippen LogP contribution in [0.1, 0.15) is 41.9 Å². The van der Waals surface area contributed by atoms with Crippen LogP contribution in [0.3, 0.4) is 0 Å². The average Bonchev–Trinajstić information content (AvgIpc) is 2.83. The second kappa shape index (κ2) is 5.66. The summed E-state index contributed by atoms with van der Waals surface area (Å²) in [5.74, 6) is -0.629. The maximum absolute atomic E-state index is 12.1. The van der Waals surface area contributed by atoms with Crippen molar-refractivity contribution in [2.45, 2.75) is 39.7 Å². The number of fused-ring (bicyclic) bond motifs is 1. The van der Waals surface area contributed by atoms with Gasteiger partial charge >= 0.3 is 5.97 Å². The van der Waals surface area contributed by atoms with E-state index in [4.69, 9.17) is 10.5 Å². The van der Waals surface area contributed by atoms with Crippen molar-refractivity contribution >= 4 is 28.0 Å². The summed E-state index contributed by atoms with van der Waals surface area (Å²) in [6, 6.07) is 0. The van der Waals surface area contributed by atoms with Crippen molar-refractivity contribution in [3.63, 3.8) is 0 Å². The number of ether oxygens (including phenoxy) is 1. The summed E-state index contributed by atoms with van der Waals surface area (Å²) >= 11 is 1.48. The summed E-state index contributed by atoms with van der Waals surface area (Å²) < 4.78 is 7.22. The summed E-state index contributed by atoms with van der Waals surface area (Å²) in [5.41, 5.74) is 7.64. The van der Waals surface area contributed by atoms with Crippen LogP contribution in [0.2, 0.25) is 0 Å². The summed E-state index contributed by atoms with van der Waals surface area (Å²) in [6.45, 7) is 5.54. The third-order valence-electron chi connectivity index (χ3n) is 2.94. The van der Waals surface area contributed by atoms with Crippen LogP contribution < -0.4 is 5.73 Å². The lowest BCUT2D eigenvalue weighted by atomic mass is 10.2. The number of aromatic nitrogens is 1. The molecule has 108 valence electrons. The molecule has 0 aliphatic rings. The average molecular weight is 294 g/mol. The summed E-state index contributed by atoms with van der Waals surface area (Å²) in [6.07, 6.45) is 2.63. The molecule has 2 rings (SSSR count). The molecular weight excluding hydrogens is 276 g/mol. The van der Waals surface area contributed by atoms with Gasteiger partial charge in [-0.15, -0.1) is 11.3 Å². The number of carbonyl (C=O) groups excluding carboxylic acids is 2. The molecule has 2 aromatic heterocycles. The largest absolute Gasteiger partial charge is 0.459 e. The molecule has 0 spiro atoms. The van der Waals surface area contributed by atoms with E-state index >= 15 is 0 Å². The molecule has 2 heterocycles. The number of hydrogen-bond acceptors (Lipinski definition) is 4. The molecule has 0 saturated heterocycles. The molecule has 6 heteroatoms. The lowest BCUT2D eigenvalue weighted by Crippen LogP contribution is -2.12. The zero-order valence-electron chi connectivity index (χ0n) is 11.8. The van der Waals surface area contributed by atoms with Gasteiger partial charge in [-0.1, -0.05) is 0 Å². The van der Waals surface area contributed by atoms with E-state index < -0.39 is 0 Å². The SMILES string of the molecule is Cc1cn2c(CCC(N)=O)csc2c1C(=O)OC(C)C. The fraction of sp³-hybridized carbons (Fsp3) is 0.429. The van der Waals surface area contributed by atoms with Crippen molar-refractivity contribution in [2.75, 3.05) is 0 Å². The van der Waals surface area contributed by atoms with Crippen molar-refractivity contribution in [3.8, 4) is 0 Å². The number of esters is 1. The number of thiazole rings is 1. The number of amides is 1. The smallest absolute Gasteiger partial charge is 0.341 e. The Morgan fingerprint density at radius 3 is 2.75 bits per heavy atom. The number of aryl methyl sites for hydroxylation is 2. The van der Waals surface area contributed by atoms with Crippen LogP contribution in [-0.4, -0.2) is 22.4 Å². The monoisotopic (exact) mass is 294 g/mol. The number of rotatable bonds is 5. The minimum atomic E-state index is -0.326. The van der Waals surface area contributed by atoms with Crippen LogP contribution in [0.5, 0.6) is 0 Å². The van der Waals surface area contributed by atoms with E-state index in [0.29, 0.717) is 18.4 Å². The van der Waals surface area contributed by atoms with E-state index in [1.807, 2.05) is 36.7 Å². The molecule has 2 aromatic rings. The van der Waals surface area contributed by atoms with Gasteiger partial charge in [-0.3, -0.25) is 4.79 Å². The highest BCUT2D eigenvalue weighted by atomic mass is 32.1. The third-order valence-corrected chi connectivity index (χ3v) is 3.95. The first kappa shape index (κ1) is 14.6. The van der Waals surface area contributed by atoms with E-state index in [0.717, 1.165) is 16.1 Å². The Kier molecular flexibility index (Phi) is 4.13. The van der Waals surface area contributed by atoms with Crippen LogP contribution in [0.25, 0.3) is 4.83 Å². The normalized spacial score (nSPS) is 11.2. The topological polar surface area (TPSA) is 73.8 Å². The third kappa shape index (κ3) is 2.85. The van der Waals surface area contributed by atoms with Gasteiger partial charge in [0.25, 0.3) is 0 Å². The zero-order chi connectivity index (χ0) is 14.9. The second-order valence-electron chi connectivity index (χ2n) is 5.01. The van der Waals surface area contributed by atoms with Gasteiger partial charge in [-0.05, 0) is 32.8 Å². The van der Waals surface area contributed by atoms with Gasteiger partial charge in [0.2, 0.25) is 5.91 Å². The molecule has 20 heavy (non-hydrogen) atoms. The fourth-order valence-corrected chi connectivity index (χ4v) is 3.19. The Hall–Kier alpha value is -1.82. The standard InChI is InChI=1S/C14H18N2O3S/c1-8(2)19-14(18)12-9(3)6-16-10(4-5-11(15)17)7-20-13(12)16/h6-8H,4-5H2,1-3H3,(H2,15,17). The maximum Gasteiger partial charge on any atom is 0.341 e. The molecule has 2 N–H and O–H groups in total. The molecule has 0 radical (unpaired) electrons. The summed E-state index contributed by atoms with van der Waals surface area (Å²) in [5, 5.41) is 1.95.